The number of amides is 1. The fourth-order valence-corrected chi connectivity index (χ4v) is 3.03. The summed E-state index contributed by atoms with van der Waals surface area (Å²) < 4.78 is 45.6. The first-order valence-electron chi connectivity index (χ1n) is 10.1. The minimum atomic E-state index is -4.42. The number of hydrogen-bond donors (Lipinski definition) is 1. The first-order chi connectivity index (χ1) is 15.0. The Morgan fingerprint density at radius 2 is 1.66 bits per heavy atom. The zero-order valence-electron chi connectivity index (χ0n) is 18.3. The number of nitrogens with one attached hydrogen (secondary N) is 1. The van der Waals surface area contributed by atoms with Gasteiger partial charge in [-0.25, -0.2) is 4.68 Å². The van der Waals surface area contributed by atoms with Crippen LogP contribution >= 0.6 is 0 Å². The van der Waals surface area contributed by atoms with Crippen molar-refractivity contribution in [2.75, 3.05) is 11.9 Å². The standard InChI is InChI=1S/C23H25F3N4O2/c1-5-32-21-28-20(15-6-8-16(9-7-15)23(24,25)26)30(29-21)18-12-10-17(11-13-18)27-19(31)14-22(2,3)4/h6-13H,5,14H2,1-4H3,(H,27,31). The molecule has 0 unspecified atom stereocenters. The van der Waals surface area contributed by atoms with E-state index in [0.29, 0.717) is 35.8 Å². The van der Waals surface area contributed by atoms with E-state index in [1.165, 1.54) is 16.8 Å². The molecule has 0 saturated carbocycles. The highest BCUT2D eigenvalue weighted by atomic mass is 19.4. The van der Waals surface area contributed by atoms with E-state index in [-0.39, 0.29) is 17.3 Å². The van der Waals surface area contributed by atoms with Crippen LogP contribution in [0.5, 0.6) is 6.01 Å². The zero-order chi connectivity index (χ0) is 23.5. The fourth-order valence-electron chi connectivity index (χ4n) is 3.03. The van der Waals surface area contributed by atoms with Gasteiger partial charge in [-0.3, -0.25) is 4.79 Å². The third-order valence-corrected chi connectivity index (χ3v) is 4.42. The fraction of sp³-hybridized carbons (Fsp3) is 0.348. The number of hydrogen-bond acceptors (Lipinski definition) is 4. The molecule has 1 amide bonds. The van der Waals surface area contributed by atoms with Gasteiger partial charge in [0.25, 0.3) is 0 Å². The van der Waals surface area contributed by atoms with Crippen molar-refractivity contribution in [3.63, 3.8) is 0 Å². The Hall–Kier alpha value is -3.36. The van der Waals surface area contributed by atoms with Crippen molar-refractivity contribution < 1.29 is 22.7 Å². The first kappa shape index (κ1) is 23.3. The molecule has 9 heteroatoms. The van der Waals surface area contributed by atoms with E-state index in [9.17, 15) is 18.0 Å². The molecule has 3 aromatic rings. The maximum Gasteiger partial charge on any atom is 0.416 e. The molecule has 0 saturated heterocycles. The van der Waals surface area contributed by atoms with Gasteiger partial charge in [0.1, 0.15) is 0 Å². The van der Waals surface area contributed by atoms with Crippen LogP contribution in [0.3, 0.4) is 0 Å². The maximum absolute atomic E-state index is 12.9. The van der Waals surface area contributed by atoms with Crippen molar-refractivity contribution >= 4 is 11.6 Å². The molecule has 32 heavy (non-hydrogen) atoms. The van der Waals surface area contributed by atoms with Gasteiger partial charge in [-0.2, -0.15) is 18.2 Å². The number of alkyl halides is 3. The van der Waals surface area contributed by atoms with E-state index in [0.717, 1.165) is 12.1 Å². The average molecular weight is 446 g/mol. The number of halogens is 3. The van der Waals surface area contributed by atoms with Crippen LogP contribution in [0.4, 0.5) is 18.9 Å². The predicted octanol–water partition coefficient (Wildman–Crippen LogP) is 5.73. The van der Waals surface area contributed by atoms with Gasteiger partial charge in [0.05, 0.1) is 17.9 Å². The summed E-state index contributed by atoms with van der Waals surface area (Å²) in [5, 5.41) is 7.18. The molecule has 0 fully saturated rings. The van der Waals surface area contributed by atoms with Crippen molar-refractivity contribution in [3.8, 4) is 23.1 Å². The summed E-state index contributed by atoms with van der Waals surface area (Å²) in [5.74, 6) is 0.252. The second kappa shape index (κ2) is 9.02. The SMILES string of the molecule is CCOc1nc(-c2ccc(C(F)(F)F)cc2)n(-c2ccc(NC(=O)CC(C)(C)C)cc2)n1. The predicted molar refractivity (Wildman–Crippen MR) is 116 cm³/mol. The molecular formula is C23H25F3N4O2. The number of rotatable bonds is 6. The van der Waals surface area contributed by atoms with E-state index in [2.05, 4.69) is 15.4 Å². The molecular weight excluding hydrogens is 421 g/mol. The largest absolute Gasteiger partial charge is 0.463 e. The molecule has 6 nitrogen and oxygen atoms in total. The van der Waals surface area contributed by atoms with Crippen LogP contribution in [-0.2, 0) is 11.0 Å². The Morgan fingerprint density at radius 1 is 1.03 bits per heavy atom. The van der Waals surface area contributed by atoms with Crippen molar-refractivity contribution in [2.45, 2.75) is 40.3 Å². The lowest BCUT2D eigenvalue weighted by atomic mass is 9.92. The highest BCUT2D eigenvalue weighted by Gasteiger charge is 2.30. The van der Waals surface area contributed by atoms with E-state index >= 15 is 0 Å². The lowest BCUT2D eigenvalue weighted by Gasteiger charge is -2.17. The lowest BCUT2D eigenvalue weighted by molar-refractivity contribution is -0.137. The molecule has 0 aliphatic heterocycles. The first-order valence-corrected chi connectivity index (χ1v) is 10.1. The minimum Gasteiger partial charge on any atom is -0.463 e. The summed E-state index contributed by atoms with van der Waals surface area (Å²) in [4.78, 5) is 16.5. The summed E-state index contributed by atoms with van der Waals surface area (Å²) in [6.45, 7) is 8.08. The van der Waals surface area contributed by atoms with Gasteiger partial charge in [0.2, 0.25) is 5.91 Å². The molecule has 2 aromatic carbocycles. The molecule has 0 bridgehead atoms. The molecule has 3 rings (SSSR count). The smallest absolute Gasteiger partial charge is 0.416 e. The summed E-state index contributed by atoms with van der Waals surface area (Å²) in [5.41, 5.74) is 0.833. The highest BCUT2D eigenvalue weighted by molar-refractivity contribution is 5.91. The molecule has 0 radical (unpaired) electrons. The zero-order valence-corrected chi connectivity index (χ0v) is 18.3. The number of benzene rings is 2. The summed E-state index contributed by atoms with van der Waals surface area (Å²) in [6.07, 6.45) is -4.04. The molecule has 0 atom stereocenters. The van der Waals surface area contributed by atoms with E-state index < -0.39 is 11.7 Å². The van der Waals surface area contributed by atoms with Crippen LogP contribution in [0.1, 0.15) is 39.7 Å². The Balaban J connectivity index is 1.89. The number of aromatic nitrogens is 3. The van der Waals surface area contributed by atoms with E-state index in [1.54, 1.807) is 31.2 Å². The third-order valence-electron chi connectivity index (χ3n) is 4.42. The quantitative estimate of drug-likeness (QED) is 0.525. The summed E-state index contributed by atoms with van der Waals surface area (Å²) >= 11 is 0. The molecule has 1 heterocycles. The Labute approximate surface area is 184 Å². The Kier molecular flexibility index (Phi) is 6.57. The van der Waals surface area contributed by atoms with Gasteiger partial charge in [-0.05, 0) is 48.7 Å². The normalized spacial score (nSPS) is 12.0. The number of carbonyl (C=O) groups is 1. The molecule has 0 aliphatic carbocycles. The Morgan fingerprint density at radius 3 is 2.19 bits per heavy atom. The maximum atomic E-state index is 12.9. The molecule has 170 valence electrons. The van der Waals surface area contributed by atoms with Crippen LogP contribution in [0.2, 0.25) is 0 Å². The Bertz CT molecular complexity index is 1070. The monoisotopic (exact) mass is 446 g/mol. The number of ether oxygens (including phenoxy) is 1. The summed E-state index contributed by atoms with van der Waals surface area (Å²) in [7, 11) is 0. The van der Waals surface area contributed by atoms with E-state index in [4.69, 9.17) is 4.74 Å². The van der Waals surface area contributed by atoms with Gasteiger partial charge < -0.3 is 10.1 Å². The van der Waals surface area contributed by atoms with E-state index in [1.807, 2.05) is 20.8 Å². The second-order valence-electron chi connectivity index (χ2n) is 8.47. The number of carbonyl (C=O) groups excluding carboxylic acids is 1. The number of nitrogens with zero attached hydrogens (tertiary/aromatic N) is 3. The molecule has 1 N–H and O–H groups in total. The van der Waals surface area contributed by atoms with Gasteiger partial charge in [-0.15, -0.1) is 5.10 Å². The highest BCUT2D eigenvalue weighted by Crippen LogP contribution is 2.31. The molecule has 1 aromatic heterocycles. The minimum absolute atomic E-state index is 0.0879. The molecule has 0 aliphatic rings. The third kappa shape index (κ3) is 5.87. The van der Waals surface area contributed by atoms with Gasteiger partial charge in [0.15, 0.2) is 5.82 Å². The second-order valence-corrected chi connectivity index (χ2v) is 8.47. The molecule has 0 spiro atoms. The van der Waals surface area contributed by atoms with Crippen LogP contribution in [0.15, 0.2) is 48.5 Å². The van der Waals surface area contributed by atoms with Crippen molar-refractivity contribution in [1.29, 1.82) is 0 Å². The van der Waals surface area contributed by atoms with Crippen molar-refractivity contribution in [3.05, 3.63) is 54.1 Å². The van der Waals surface area contributed by atoms with Crippen LogP contribution in [-0.4, -0.2) is 27.3 Å². The van der Waals surface area contributed by atoms with Crippen molar-refractivity contribution in [1.82, 2.24) is 14.8 Å². The van der Waals surface area contributed by atoms with Crippen LogP contribution in [0.25, 0.3) is 17.1 Å². The van der Waals surface area contributed by atoms with Crippen molar-refractivity contribution in [2.24, 2.45) is 5.41 Å². The summed E-state index contributed by atoms with van der Waals surface area (Å²) in [6, 6.07) is 11.8. The van der Waals surface area contributed by atoms with Crippen LogP contribution < -0.4 is 10.1 Å². The lowest BCUT2D eigenvalue weighted by Crippen LogP contribution is -2.19. The topological polar surface area (TPSA) is 69.0 Å². The average Bonchev–Trinajstić information content (AvgIpc) is 3.11. The van der Waals surface area contributed by atoms with Gasteiger partial charge >= 0.3 is 12.2 Å². The van der Waals surface area contributed by atoms with Crippen LogP contribution in [0, 0.1) is 5.41 Å². The van der Waals surface area contributed by atoms with Gasteiger partial charge in [0, 0.05) is 17.7 Å². The number of anilines is 1. The van der Waals surface area contributed by atoms with Gasteiger partial charge in [-0.1, -0.05) is 32.9 Å².